The molecule has 0 saturated carbocycles. The molecule has 10 heteroatoms. The fourth-order valence-corrected chi connectivity index (χ4v) is 6.57. The second-order valence-electron chi connectivity index (χ2n) is 13.1. The highest BCUT2D eigenvalue weighted by atomic mass is 35.5. The molecule has 44 heavy (non-hydrogen) atoms. The van der Waals surface area contributed by atoms with Gasteiger partial charge in [0.15, 0.2) is 0 Å². The first-order chi connectivity index (χ1) is 20.8. The second-order valence-corrected chi connectivity index (χ2v) is 14.0. The van der Waals surface area contributed by atoms with E-state index in [0.29, 0.717) is 26.9 Å². The van der Waals surface area contributed by atoms with Crippen molar-refractivity contribution in [3.8, 4) is 0 Å². The Labute approximate surface area is 270 Å². The number of hydrogen-bond donors (Lipinski definition) is 2. The number of carbonyl (C=O) groups excluding carboxylic acids is 2. The van der Waals surface area contributed by atoms with E-state index in [9.17, 15) is 14.4 Å². The van der Waals surface area contributed by atoms with E-state index in [-0.39, 0.29) is 36.2 Å². The molecule has 0 aromatic heterocycles. The SMILES string of the molecule is CCCCN1CCC2(CC1)N=C(c1cc(Cl)cc(Cl)c1)C(=O)N2[C@H](CCC(C)(C)C)c1ccc(C(=O)NCCC(=O)O)cc1. The zero-order chi connectivity index (χ0) is 32.1. The van der Waals surface area contributed by atoms with Gasteiger partial charge in [-0.05, 0) is 67.1 Å². The average molecular weight is 644 g/mol. The summed E-state index contributed by atoms with van der Waals surface area (Å²) in [6.45, 7) is 11.5. The molecule has 4 rings (SSSR count). The van der Waals surface area contributed by atoms with Crippen LogP contribution in [0, 0.1) is 5.41 Å². The molecule has 2 amide bonds. The van der Waals surface area contributed by atoms with Crippen LogP contribution in [-0.4, -0.2) is 70.2 Å². The monoisotopic (exact) mass is 642 g/mol. The lowest BCUT2D eigenvalue weighted by molar-refractivity contribution is -0.137. The number of carbonyl (C=O) groups is 3. The third kappa shape index (κ3) is 8.40. The topological polar surface area (TPSA) is 102 Å². The Kier molecular flexibility index (Phi) is 11.1. The van der Waals surface area contributed by atoms with Gasteiger partial charge < -0.3 is 20.2 Å². The van der Waals surface area contributed by atoms with Gasteiger partial charge in [0.1, 0.15) is 11.4 Å². The molecule has 2 aromatic carbocycles. The fraction of sp³-hybridized carbons (Fsp3) is 0.529. The number of unbranched alkanes of at least 4 members (excludes halogenated alkanes) is 1. The van der Waals surface area contributed by atoms with Crippen LogP contribution in [0.1, 0.15) is 100 Å². The van der Waals surface area contributed by atoms with E-state index in [4.69, 9.17) is 33.3 Å². The molecule has 0 unspecified atom stereocenters. The molecule has 0 aliphatic carbocycles. The van der Waals surface area contributed by atoms with Crippen LogP contribution in [0.15, 0.2) is 47.5 Å². The van der Waals surface area contributed by atoms with E-state index in [1.807, 2.05) is 17.0 Å². The maximum absolute atomic E-state index is 14.5. The van der Waals surface area contributed by atoms with Crippen molar-refractivity contribution < 1.29 is 19.5 Å². The minimum atomic E-state index is -0.968. The number of amides is 2. The molecule has 238 valence electrons. The summed E-state index contributed by atoms with van der Waals surface area (Å²) in [5.74, 6) is -1.44. The zero-order valence-electron chi connectivity index (χ0n) is 26.2. The first kappa shape index (κ1) is 33.9. The van der Waals surface area contributed by atoms with Crippen LogP contribution in [0.3, 0.4) is 0 Å². The quantitative estimate of drug-likeness (QED) is 0.260. The van der Waals surface area contributed by atoms with Crippen molar-refractivity contribution in [1.29, 1.82) is 0 Å². The summed E-state index contributed by atoms with van der Waals surface area (Å²) < 4.78 is 0. The molecule has 1 atom stereocenters. The van der Waals surface area contributed by atoms with E-state index in [1.54, 1.807) is 30.3 Å². The van der Waals surface area contributed by atoms with E-state index < -0.39 is 11.6 Å². The third-order valence-electron chi connectivity index (χ3n) is 8.47. The minimum Gasteiger partial charge on any atom is -0.481 e. The van der Waals surface area contributed by atoms with E-state index in [1.165, 1.54) is 0 Å². The highest BCUT2D eigenvalue weighted by Crippen LogP contribution is 2.45. The third-order valence-corrected chi connectivity index (χ3v) is 8.91. The van der Waals surface area contributed by atoms with Gasteiger partial charge in [-0.2, -0.15) is 0 Å². The molecule has 0 bridgehead atoms. The summed E-state index contributed by atoms with van der Waals surface area (Å²) in [5, 5.41) is 12.5. The number of nitrogens with one attached hydrogen (secondary N) is 1. The Morgan fingerprint density at radius 1 is 1.07 bits per heavy atom. The van der Waals surface area contributed by atoms with Crippen LogP contribution < -0.4 is 5.32 Å². The van der Waals surface area contributed by atoms with E-state index >= 15 is 0 Å². The van der Waals surface area contributed by atoms with Gasteiger partial charge in [0.2, 0.25) is 0 Å². The summed E-state index contributed by atoms with van der Waals surface area (Å²) >= 11 is 12.7. The Morgan fingerprint density at radius 2 is 1.70 bits per heavy atom. The van der Waals surface area contributed by atoms with Crippen LogP contribution in [-0.2, 0) is 9.59 Å². The molecule has 2 aliphatic heterocycles. The molecule has 2 aromatic rings. The van der Waals surface area contributed by atoms with Crippen molar-refractivity contribution in [2.45, 2.75) is 84.3 Å². The lowest BCUT2D eigenvalue weighted by Gasteiger charge is -2.46. The lowest BCUT2D eigenvalue weighted by Crippen LogP contribution is -2.54. The van der Waals surface area contributed by atoms with Crippen LogP contribution in [0.4, 0.5) is 0 Å². The van der Waals surface area contributed by atoms with Crippen LogP contribution in [0.2, 0.25) is 10.0 Å². The van der Waals surface area contributed by atoms with Gasteiger partial charge >= 0.3 is 5.97 Å². The Bertz CT molecular complexity index is 1360. The second kappa shape index (κ2) is 14.4. The van der Waals surface area contributed by atoms with Crippen LogP contribution in [0.25, 0.3) is 0 Å². The normalized spacial score (nSPS) is 17.5. The predicted molar refractivity (Wildman–Crippen MR) is 176 cm³/mol. The molecule has 2 heterocycles. The highest BCUT2D eigenvalue weighted by molar-refractivity contribution is 6.47. The fourth-order valence-electron chi connectivity index (χ4n) is 6.05. The maximum atomic E-state index is 14.5. The Morgan fingerprint density at radius 3 is 2.27 bits per heavy atom. The number of likely N-dealkylation sites (tertiary alicyclic amines) is 1. The van der Waals surface area contributed by atoms with Crippen molar-refractivity contribution in [2.75, 3.05) is 26.2 Å². The number of aliphatic carboxylic acids is 1. The van der Waals surface area contributed by atoms with Gasteiger partial charge in [-0.1, -0.05) is 69.5 Å². The molecule has 2 N–H and O–H groups in total. The standard InChI is InChI=1S/C34H44Cl2N4O4/c1-5-6-17-39-18-14-34(15-19-39)38-30(25-20-26(35)22-27(36)21-25)32(44)40(34)28(11-13-33(2,3)4)23-7-9-24(10-8-23)31(43)37-16-12-29(41)42/h7-10,20-22,28H,5-6,11-19H2,1-4H3,(H,37,43)(H,41,42)/t28-/m1/s1. The van der Waals surface area contributed by atoms with Crippen molar-refractivity contribution in [3.05, 3.63) is 69.2 Å². The molecule has 1 spiro atoms. The smallest absolute Gasteiger partial charge is 0.305 e. The summed E-state index contributed by atoms with van der Waals surface area (Å²) in [5.41, 5.74) is 1.69. The van der Waals surface area contributed by atoms with Gasteiger partial charge in [-0.25, -0.2) is 0 Å². The van der Waals surface area contributed by atoms with Gasteiger partial charge in [0.25, 0.3) is 11.8 Å². The number of nitrogens with zero attached hydrogens (tertiary/aromatic N) is 3. The Hall–Kier alpha value is -2.94. The van der Waals surface area contributed by atoms with Crippen molar-refractivity contribution in [2.24, 2.45) is 10.4 Å². The first-order valence-electron chi connectivity index (χ1n) is 15.5. The molecular weight excluding hydrogens is 599 g/mol. The van der Waals surface area contributed by atoms with Crippen LogP contribution >= 0.6 is 23.2 Å². The summed E-state index contributed by atoms with van der Waals surface area (Å²) in [6.07, 6.45) is 5.15. The number of benzene rings is 2. The van der Waals surface area contributed by atoms with E-state index in [0.717, 1.165) is 63.7 Å². The zero-order valence-corrected chi connectivity index (χ0v) is 27.7. The first-order valence-corrected chi connectivity index (χ1v) is 16.3. The number of piperidine rings is 1. The molecule has 1 fully saturated rings. The van der Waals surface area contributed by atoms with Gasteiger partial charge in [0.05, 0.1) is 12.5 Å². The van der Waals surface area contributed by atoms with Crippen LogP contribution in [0.5, 0.6) is 0 Å². The molecule has 0 radical (unpaired) electrons. The van der Waals surface area contributed by atoms with Crippen molar-refractivity contribution in [1.82, 2.24) is 15.1 Å². The summed E-state index contributed by atoms with van der Waals surface area (Å²) in [7, 11) is 0. The lowest BCUT2D eigenvalue weighted by atomic mass is 9.84. The van der Waals surface area contributed by atoms with Crippen molar-refractivity contribution >= 4 is 46.7 Å². The molecule has 8 nitrogen and oxygen atoms in total. The highest BCUT2D eigenvalue weighted by Gasteiger charge is 2.51. The van der Waals surface area contributed by atoms with Gasteiger partial charge in [0, 0.05) is 53.6 Å². The minimum absolute atomic E-state index is 0.0336. The molecule has 2 aliphatic rings. The number of aliphatic imine (C=N–C) groups is 1. The maximum Gasteiger partial charge on any atom is 0.305 e. The van der Waals surface area contributed by atoms with E-state index in [2.05, 4.69) is 37.9 Å². The average Bonchev–Trinajstić information content (AvgIpc) is 3.23. The number of hydrogen-bond acceptors (Lipinski definition) is 5. The Balaban J connectivity index is 1.71. The summed E-state index contributed by atoms with van der Waals surface area (Å²) in [4.78, 5) is 47.7. The van der Waals surface area contributed by atoms with Gasteiger partial charge in [-0.3, -0.25) is 19.4 Å². The number of carboxylic acid groups (broad SMARTS) is 1. The van der Waals surface area contributed by atoms with Crippen molar-refractivity contribution in [3.63, 3.8) is 0 Å². The molecule has 1 saturated heterocycles. The summed E-state index contributed by atoms with van der Waals surface area (Å²) in [6, 6.07) is 12.2. The largest absolute Gasteiger partial charge is 0.481 e. The molecular formula is C34H44Cl2N4O4. The number of halogens is 2. The number of carboxylic acids is 1. The van der Waals surface area contributed by atoms with Gasteiger partial charge in [-0.15, -0.1) is 0 Å². The predicted octanol–water partition coefficient (Wildman–Crippen LogP) is 6.99. The number of rotatable bonds is 12.